The maximum absolute atomic E-state index is 6.12. The van der Waals surface area contributed by atoms with Crippen LogP contribution in [0.2, 0.25) is 0 Å². The number of hydrogen-bond acceptors (Lipinski definition) is 3. The van der Waals surface area contributed by atoms with Crippen LogP contribution >= 0.6 is 0 Å². The molecule has 0 atom stereocenters. The Morgan fingerprint density at radius 3 is 2.78 bits per heavy atom. The molecule has 0 amide bonds. The van der Waals surface area contributed by atoms with Gasteiger partial charge in [0.25, 0.3) is 0 Å². The van der Waals surface area contributed by atoms with E-state index in [1.54, 1.807) is 0 Å². The van der Waals surface area contributed by atoms with Gasteiger partial charge < -0.3 is 10.3 Å². The third-order valence-corrected chi connectivity index (χ3v) is 3.15. The molecule has 0 unspecified atom stereocenters. The summed E-state index contributed by atoms with van der Waals surface area (Å²) in [6.07, 6.45) is 7.68. The number of nitrogens with one attached hydrogen (secondary N) is 1. The van der Waals surface area contributed by atoms with Crippen LogP contribution in [0.1, 0.15) is 37.2 Å². The lowest BCUT2D eigenvalue weighted by molar-refractivity contribution is 0.485. The summed E-state index contributed by atoms with van der Waals surface area (Å²) in [6, 6.07) is 0. The van der Waals surface area contributed by atoms with Crippen LogP contribution in [-0.4, -0.2) is 19.7 Å². The summed E-state index contributed by atoms with van der Waals surface area (Å²) in [5, 5.41) is 6.99. The fraction of sp³-hybridized carbons (Fsp3) is 0.538. The minimum absolute atomic E-state index is 0.345. The minimum Gasteiger partial charge on any atom is -0.333 e. The van der Waals surface area contributed by atoms with Crippen LogP contribution < -0.4 is 5.73 Å². The Hall–Kier alpha value is -1.62. The lowest BCUT2D eigenvalue weighted by atomic mass is 10.0. The van der Waals surface area contributed by atoms with Crippen molar-refractivity contribution in [3.8, 4) is 0 Å². The minimum atomic E-state index is -0.345. The molecule has 0 aliphatic rings. The maximum atomic E-state index is 6.12. The second-order valence-corrected chi connectivity index (χ2v) is 5.32. The lowest BCUT2D eigenvalue weighted by Crippen LogP contribution is -2.31. The average molecular weight is 247 g/mol. The lowest BCUT2D eigenvalue weighted by Gasteiger charge is -2.20. The molecule has 0 aromatic carbocycles. The second-order valence-electron chi connectivity index (χ2n) is 5.32. The van der Waals surface area contributed by atoms with E-state index in [4.69, 9.17) is 5.73 Å². The van der Waals surface area contributed by atoms with E-state index < -0.39 is 0 Å². The molecule has 98 valence electrons. The van der Waals surface area contributed by atoms with E-state index in [-0.39, 0.29) is 5.54 Å². The van der Waals surface area contributed by atoms with Gasteiger partial charge in [-0.1, -0.05) is 0 Å². The first-order chi connectivity index (χ1) is 8.48. The highest BCUT2D eigenvalue weighted by molar-refractivity contribution is 5.14. The Kier molecular flexibility index (Phi) is 3.52. The largest absolute Gasteiger partial charge is 0.333 e. The van der Waals surface area contributed by atoms with Gasteiger partial charge in [0.1, 0.15) is 0 Å². The molecule has 0 saturated heterocycles. The SMILES string of the molecule is Cc1[nH]ncc1CCCn1cncc1C(C)(C)N. The third-order valence-electron chi connectivity index (χ3n) is 3.15. The number of nitrogens with two attached hydrogens (primary N) is 1. The van der Waals surface area contributed by atoms with Gasteiger partial charge in [0.15, 0.2) is 0 Å². The molecule has 2 heterocycles. The van der Waals surface area contributed by atoms with Gasteiger partial charge in [0.2, 0.25) is 0 Å². The third kappa shape index (κ3) is 2.79. The number of hydrogen-bond donors (Lipinski definition) is 2. The smallest absolute Gasteiger partial charge is 0.0948 e. The summed E-state index contributed by atoms with van der Waals surface area (Å²) in [7, 11) is 0. The predicted octanol–water partition coefficient (Wildman–Crippen LogP) is 1.74. The van der Waals surface area contributed by atoms with Crippen LogP contribution in [0.25, 0.3) is 0 Å². The highest BCUT2D eigenvalue weighted by Gasteiger charge is 2.18. The van der Waals surface area contributed by atoms with Gasteiger partial charge in [0.05, 0.1) is 23.8 Å². The van der Waals surface area contributed by atoms with Gasteiger partial charge in [-0.15, -0.1) is 0 Å². The second kappa shape index (κ2) is 4.94. The van der Waals surface area contributed by atoms with Gasteiger partial charge in [-0.25, -0.2) is 4.98 Å². The van der Waals surface area contributed by atoms with Crippen LogP contribution in [0.4, 0.5) is 0 Å². The summed E-state index contributed by atoms with van der Waals surface area (Å²) in [4.78, 5) is 4.19. The van der Waals surface area contributed by atoms with Gasteiger partial charge in [-0.05, 0) is 39.2 Å². The van der Waals surface area contributed by atoms with Crippen LogP contribution in [0, 0.1) is 6.92 Å². The van der Waals surface area contributed by atoms with E-state index in [1.165, 1.54) is 5.56 Å². The van der Waals surface area contributed by atoms with Crippen molar-refractivity contribution in [1.29, 1.82) is 0 Å². The molecule has 2 aromatic heterocycles. The molecule has 18 heavy (non-hydrogen) atoms. The summed E-state index contributed by atoms with van der Waals surface area (Å²) in [5.74, 6) is 0. The molecular formula is C13H21N5. The quantitative estimate of drug-likeness (QED) is 0.845. The van der Waals surface area contributed by atoms with Crippen molar-refractivity contribution in [2.45, 2.75) is 45.7 Å². The van der Waals surface area contributed by atoms with Crippen LogP contribution in [0.5, 0.6) is 0 Å². The number of nitrogens with zero attached hydrogens (tertiary/aromatic N) is 3. The van der Waals surface area contributed by atoms with E-state index >= 15 is 0 Å². The molecule has 3 N–H and O–H groups in total. The zero-order valence-corrected chi connectivity index (χ0v) is 11.3. The van der Waals surface area contributed by atoms with Crippen molar-refractivity contribution >= 4 is 0 Å². The fourth-order valence-corrected chi connectivity index (χ4v) is 2.10. The molecule has 0 radical (unpaired) electrons. The van der Waals surface area contributed by atoms with E-state index in [1.807, 2.05) is 39.5 Å². The number of imidazole rings is 1. The van der Waals surface area contributed by atoms with Gasteiger partial charge in [0, 0.05) is 18.4 Å². The van der Waals surface area contributed by atoms with Crippen molar-refractivity contribution in [1.82, 2.24) is 19.7 Å². The Bertz CT molecular complexity index is 503. The summed E-state index contributed by atoms with van der Waals surface area (Å²) < 4.78 is 2.13. The molecule has 5 nitrogen and oxygen atoms in total. The first kappa shape index (κ1) is 12.8. The van der Waals surface area contributed by atoms with Crippen molar-refractivity contribution in [2.75, 3.05) is 0 Å². The molecule has 0 aliphatic carbocycles. The van der Waals surface area contributed by atoms with Gasteiger partial charge >= 0.3 is 0 Å². The van der Waals surface area contributed by atoms with Crippen LogP contribution in [0.15, 0.2) is 18.7 Å². The van der Waals surface area contributed by atoms with Gasteiger partial charge in [-0.3, -0.25) is 5.10 Å². The zero-order valence-electron chi connectivity index (χ0n) is 11.3. The van der Waals surface area contributed by atoms with Crippen molar-refractivity contribution in [3.05, 3.63) is 35.7 Å². The average Bonchev–Trinajstić information content (AvgIpc) is 2.87. The summed E-state index contributed by atoms with van der Waals surface area (Å²) in [6.45, 7) is 6.98. The molecule has 2 aromatic rings. The molecule has 5 heteroatoms. The fourth-order valence-electron chi connectivity index (χ4n) is 2.10. The van der Waals surface area contributed by atoms with Crippen LogP contribution in [-0.2, 0) is 18.5 Å². The van der Waals surface area contributed by atoms with Crippen molar-refractivity contribution in [2.24, 2.45) is 5.73 Å². The molecule has 0 bridgehead atoms. The standard InChI is InChI=1S/C13H21N5/c1-10-11(7-16-17-10)5-4-6-18-9-15-8-12(18)13(2,3)14/h7-9H,4-6,14H2,1-3H3,(H,16,17). The molecule has 0 aliphatic heterocycles. The van der Waals surface area contributed by atoms with E-state index in [2.05, 4.69) is 19.7 Å². The highest BCUT2D eigenvalue weighted by atomic mass is 15.1. The Balaban J connectivity index is 1.95. The summed E-state index contributed by atoms with van der Waals surface area (Å²) in [5.41, 5.74) is 9.28. The molecule has 2 rings (SSSR count). The molecule has 0 fully saturated rings. The monoisotopic (exact) mass is 247 g/mol. The Labute approximate surface area is 107 Å². The van der Waals surface area contributed by atoms with Gasteiger partial charge in [-0.2, -0.15) is 5.10 Å². The number of aromatic amines is 1. The first-order valence-corrected chi connectivity index (χ1v) is 6.27. The highest BCUT2D eigenvalue weighted by Crippen LogP contribution is 2.17. The van der Waals surface area contributed by atoms with Crippen LogP contribution in [0.3, 0.4) is 0 Å². The maximum Gasteiger partial charge on any atom is 0.0948 e. The summed E-state index contributed by atoms with van der Waals surface area (Å²) >= 11 is 0. The van der Waals surface area contributed by atoms with E-state index in [0.29, 0.717) is 0 Å². The van der Waals surface area contributed by atoms with E-state index in [9.17, 15) is 0 Å². The Morgan fingerprint density at radius 2 is 2.17 bits per heavy atom. The topological polar surface area (TPSA) is 72.5 Å². The predicted molar refractivity (Wildman–Crippen MR) is 71.1 cm³/mol. The number of aromatic nitrogens is 4. The van der Waals surface area contributed by atoms with Crippen molar-refractivity contribution < 1.29 is 0 Å². The molecule has 0 saturated carbocycles. The van der Waals surface area contributed by atoms with E-state index in [0.717, 1.165) is 30.8 Å². The van der Waals surface area contributed by atoms with Crippen molar-refractivity contribution in [3.63, 3.8) is 0 Å². The number of aryl methyl sites for hydroxylation is 3. The zero-order chi connectivity index (χ0) is 13.2. The first-order valence-electron chi connectivity index (χ1n) is 6.27. The number of rotatable bonds is 5. The number of H-pyrrole nitrogens is 1. The Morgan fingerprint density at radius 1 is 1.39 bits per heavy atom. The molecule has 0 spiro atoms. The normalized spacial score (nSPS) is 12.0. The molecular weight excluding hydrogens is 226 g/mol.